The minimum atomic E-state index is -0.176. The van der Waals surface area contributed by atoms with Gasteiger partial charge in [0.15, 0.2) is 5.82 Å². The van der Waals surface area contributed by atoms with Crippen molar-refractivity contribution in [2.24, 2.45) is 5.84 Å². The molecule has 4 N–H and O–H groups in total. The Morgan fingerprint density at radius 3 is 2.80 bits per heavy atom. The summed E-state index contributed by atoms with van der Waals surface area (Å²) in [5.74, 6) is 6.62. The topological polar surface area (TPSA) is 87.3 Å². The number of hydrogen-bond acceptors (Lipinski definition) is 6. The van der Waals surface area contributed by atoms with Gasteiger partial charge in [0, 0.05) is 13.1 Å². The van der Waals surface area contributed by atoms with Gasteiger partial charge in [-0.15, -0.1) is 0 Å². The first-order valence-corrected chi connectivity index (χ1v) is 5.01. The lowest BCUT2D eigenvalue weighted by molar-refractivity contribution is 0.145. The first-order chi connectivity index (χ1) is 7.29. The third-order valence-electron chi connectivity index (χ3n) is 2.56. The summed E-state index contributed by atoms with van der Waals surface area (Å²) >= 11 is 0. The molecule has 0 unspecified atom stereocenters. The van der Waals surface area contributed by atoms with Crippen LogP contribution >= 0.6 is 0 Å². The van der Waals surface area contributed by atoms with Crippen molar-refractivity contribution in [2.75, 3.05) is 23.4 Å². The second-order valence-electron chi connectivity index (χ2n) is 3.63. The Hall–Kier alpha value is -1.40. The molecule has 0 amide bonds. The average Bonchev–Trinajstić information content (AvgIpc) is 2.30. The molecule has 82 valence electrons. The zero-order valence-electron chi connectivity index (χ0n) is 8.43. The molecule has 0 bridgehead atoms. The van der Waals surface area contributed by atoms with Gasteiger partial charge in [-0.05, 0) is 12.8 Å². The molecule has 6 heteroatoms. The molecule has 1 aliphatic rings. The van der Waals surface area contributed by atoms with Crippen LogP contribution in [0.5, 0.6) is 0 Å². The van der Waals surface area contributed by atoms with Crippen molar-refractivity contribution in [1.29, 1.82) is 0 Å². The number of aliphatic hydroxyl groups excluding tert-OH is 1. The van der Waals surface area contributed by atoms with E-state index >= 15 is 0 Å². The van der Waals surface area contributed by atoms with Crippen LogP contribution in [0.2, 0.25) is 0 Å². The van der Waals surface area contributed by atoms with Crippen LogP contribution in [0.25, 0.3) is 0 Å². The number of hydrogen-bond donors (Lipinski definition) is 3. The minimum Gasteiger partial charge on any atom is -0.393 e. The molecule has 1 aromatic heterocycles. The molecule has 1 aromatic rings. The van der Waals surface area contributed by atoms with E-state index in [-0.39, 0.29) is 6.10 Å². The summed E-state index contributed by atoms with van der Waals surface area (Å²) in [5.41, 5.74) is 2.47. The Kier molecular flexibility index (Phi) is 2.98. The highest BCUT2D eigenvalue weighted by Crippen LogP contribution is 2.17. The number of nitrogens with two attached hydrogens (primary N) is 1. The fraction of sp³-hybridized carbons (Fsp3) is 0.556. The standard InChI is InChI=1S/C9H15N5O/c10-13-8-5-11-6-9(12-8)14-3-1-7(15)2-4-14/h5-7,15H,1-4,10H2,(H,12,13). The van der Waals surface area contributed by atoms with Crippen LogP contribution in [-0.2, 0) is 0 Å². The molecule has 0 radical (unpaired) electrons. The van der Waals surface area contributed by atoms with Crippen molar-refractivity contribution in [2.45, 2.75) is 18.9 Å². The lowest BCUT2D eigenvalue weighted by atomic mass is 10.1. The third-order valence-corrected chi connectivity index (χ3v) is 2.56. The van der Waals surface area contributed by atoms with Gasteiger partial charge in [-0.25, -0.2) is 10.8 Å². The van der Waals surface area contributed by atoms with Crippen molar-refractivity contribution in [3.8, 4) is 0 Å². The van der Waals surface area contributed by atoms with Gasteiger partial charge in [-0.1, -0.05) is 0 Å². The van der Waals surface area contributed by atoms with E-state index in [9.17, 15) is 5.11 Å². The molecule has 1 saturated heterocycles. The van der Waals surface area contributed by atoms with Crippen LogP contribution in [0, 0.1) is 0 Å². The number of nitrogens with one attached hydrogen (secondary N) is 1. The Labute approximate surface area is 88.1 Å². The average molecular weight is 209 g/mol. The van der Waals surface area contributed by atoms with Gasteiger partial charge in [0.05, 0.1) is 18.5 Å². The van der Waals surface area contributed by atoms with E-state index in [1.165, 1.54) is 0 Å². The highest BCUT2D eigenvalue weighted by molar-refractivity contribution is 5.43. The molecule has 0 aromatic carbocycles. The van der Waals surface area contributed by atoms with Crippen molar-refractivity contribution < 1.29 is 5.11 Å². The summed E-state index contributed by atoms with van der Waals surface area (Å²) in [6.45, 7) is 1.62. The van der Waals surface area contributed by atoms with Crippen LogP contribution in [0.15, 0.2) is 12.4 Å². The van der Waals surface area contributed by atoms with Crippen molar-refractivity contribution >= 4 is 11.6 Å². The molecule has 1 aliphatic heterocycles. The largest absolute Gasteiger partial charge is 0.393 e. The molecular weight excluding hydrogens is 194 g/mol. The van der Waals surface area contributed by atoms with Gasteiger partial charge < -0.3 is 15.4 Å². The van der Waals surface area contributed by atoms with Crippen LogP contribution in [0.4, 0.5) is 11.6 Å². The molecule has 6 nitrogen and oxygen atoms in total. The molecule has 1 fully saturated rings. The second-order valence-corrected chi connectivity index (χ2v) is 3.63. The van der Waals surface area contributed by atoms with E-state index in [0.717, 1.165) is 31.7 Å². The highest BCUT2D eigenvalue weighted by Gasteiger charge is 2.18. The molecule has 2 rings (SSSR count). The number of rotatable bonds is 2. The first-order valence-electron chi connectivity index (χ1n) is 5.01. The number of aromatic nitrogens is 2. The van der Waals surface area contributed by atoms with Crippen LogP contribution < -0.4 is 16.2 Å². The van der Waals surface area contributed by atoms with Crippen molar-refractivity contribution in [3.63, 3.8) is 0 Å². The van der Waals surface area contributed by atoms with E-state index in [1.807, 2.05) is 0 Å². The Morgan fingerprint density at radius 1 is 1.40 bits per heavy atom. The lowest BCUT2D eigenvalue weighted by Gasteiger charge is -2.30. The monoisotopic (exact) mass is 209 g/mol. The summed E-state index contributed by atoms with van der Waals surface area (Å²) in [6, 6.07) is 0. The zero-order chi connectivity index (χ0) is 10.7. The maximum atomic E-state index is 9.38. The number of hydrazine groups is 1. The first kappa shape index (κ1) is 10.1. The third kappa shape index (κ3) is 2.34. The maximum absolute atomic E-state index is 9.38. The van der Waals surface area contributed by atoms with E-state index in [4.69, 9.17) is 5.84 Å². The van der Waals surface area contributed by atoms with Crippen molar-refractivity contribution in [1.82, 2.24) is 9.97 Å². The van der Waals surface area contributed by atoms with E-state index in [2.05, 4.69) is 20.3 Å². The van der Waals surface area contributed by atoms with Crippen LogP contribution in [0.1, 0.15) is 12.8 Å². The van der Waals surface area contributed by atoms with Gasteiger partial charge in [-0.2, -0.15) is 0 Å². The summed E-state index contributed by atoms with van der Waals surface area (Å²) in [7, 11) is 0. The van der Waals surface area contributed by atoms with Gasteiger partial charge in [0.25, 0.3) is 0 Å². The predicted octanol–water partition coefficient (Wildman–Crippen LogP) is -0.277. The van der Waals surface area contributed by atoms with Gasteiger partial charge in [0.2, 0.25) is 0 Å². The summed E-state index contributed by atoms with van der Waals surface area (Å²) < 4.78 is 0. The normalized spacial score (nSPS) is 17.9. The molecule has 0 atom stereocenters. The SMILES string of the molecule is NNc1cncc(N2CCC(O)CC2)n1. The predicted molar refractivity (Wildman–Crippen MR) is 57.3 cm³/mol. The number of nitrogen functional groups attached to an aromatic ring is 1. The molecule has 0 spiro atoms. The van der Waals surface area contributed by atoms with Gasteiger partial charge >= 0.3 is 0 Å². The fourth-order valence-corrected chi connectivity index (χ4v) is 1.67. The second kappa shape index (κ2) is 4.41. The molecule has 15 heavy (non-hydrogen) atoms. The summed E-state index contributed by atoms with van der Waals surface area (Å²) in [6.07, 6.45) is 4.66. The zero-order valence-corrected chi connectivity index (χ0v) is 8.43. The van der Waals surface area contributed by atoms with Gasteiger partial charge in [-0.3, -0.25) is 4.98 Å². The van der Waals surface area contributed by atoms with Crippen molar-refractivity contribution in [3.05, 3.63) is 12.4 Å². The quantitative estimate of drug-likeness (QED) is 0.459. The number of piperidine rings is 1. The van der Waals surface area contributed by atoms with Gasteiger partial charge in [0.1, 0.15) is 5.82 Å². The Bertz CT molecular complexity index is 324. The molecule has 0 aliphatic carbocycles. The Balaban J connectivity index is 2.08. The number of nitrogens with zero attached hydrogens (tertiary/aromatic N) is 3. The van der Waals surface area contributed by atoms with E-state index < -0.39 is 0 Å². The van der Waals surface area contributed by atoms with Crippen LogP contribution in [0.3, 0.4) is 0 Å². The Morgan fingerprint density at radius 2 is 2.13 bits per heavy atom. The lowest BCUT2D eigenvalue weighted by Crippen LogP contribution is -2.36. The number of aliphatic hydroxyl groups is 1. The fourth-order valence-electron chi connectivity index (χ4n) is 1.67. The minimum absolute atomic E-state index is 0.176. The van der Waals surface area contributed by atoms with E-state index in [1.54, 1.807) is 12.4 Å². The number of anilines is 2. The summed E-state index contributed by atoms with van der Waals surface area (Å²) in [5, 5.41) is 9.38. The summed E-state index contributed by atoms with van der Waals surface area (Å²) in [4.78, 5) is 10.4. The van der Waals surface area contributed by atoms with Crippen LogP contribution in [-0.4, -0.2) is 34.3 Å². The molecule has 0 saturated carbocycles. The maximum Gasteiger partial charge on any atom is 0.160 e. The van der Waals surface area contributed by atoms with E-state index in [0.29, 0.717) is 5.82 Å². The smallest absolute Gasteiger partial charge is 0.160 e. The molecular formula is C9H15N5O. The highest BCUT2D eigenvalue weighted by atomic mass is 16.3. The molecule has 2 heterocycles.